The summed E-state index contributed by atoms with van der Waals surface area (Å²) in [4.78, 5) is 48.3. The van der Waals surface area contributed by atoms with Crippen molar-refractivity contribution in [1.29, 1.82) is 0 Å². The molecule has 0 saturated heterocycles. The monoisotopic (exact) mass is 976 g/mol. The average molecular weight is 978 g/mol. The molecule has 2 unspecified atom stereocenters. The van der Waals surface area contributed by atoms with Crippen molar-refractivity contribution in [3.05, 3.63) is 126 Å². The number of nitrogens with one attached hydrogen (secondary N) is 2. The SMILES string of the molecule is CCCOc1cc2c(C(C)CNC=O)cn(C(=O)c3ccc(F)cc3F)c2cc1Cl.CCOc1cc2c(C(C)CNC(C)=O)cn(C(=O)c3ccc(I)cc3)c2c(Cl)c1F. The first-order chi connectivity index (χ1) is 28.6. The molecule has 0 aliphatic heterocycles. The van der Waals surface area contributed by atoms with Crippen LogP contribution in [0.4, 0.5) is 13.2 Å². The fourth-order valence-electron chi connectivity index (χ4n) is 6.54. The van der Waals surface area contributed by atoms with E-state index in [9.17, 15) is 32.3 Å². The molecule has 0 fully saturated rings. The number of carbonyl (C=O) groups is 4. The minimum atomic E-state index is -0.951. The first-order valence-corrected chi connectivity index (χ1v) is 20.8. The largest absolute Gasteiger partial charge is 0.492 e. The molecule has 2 heterocycles. The summed E-state index contributed by atoms with van der Waals surface area (Å²) in [6, 6.07) is 14.8. The van der Waals surface area contributed by atoms with Crippen LogP contribution in [0.5, 0.6) is 11.5 Å². The Morgan fingerprint density at radius 2 is 1.48 bits per heavy atom. The van der Waals surface area contributed by atoms with E-state index in [0.717, 1.165) is 33.3 Å². The third-order valence-electron chi connectivity index (χ3n) is 9.53. The molecular weight excluding hydrogens is 935 g/mol. The van der Waals surface area contributed by atoms with E-state index < -0.39 is 23.4 Å². The predicted octanol–water partition coefficient (Wildman–Crippen LogP) is 10.3. The third kappa shape index (κ3) is 10.3. The van der Waals surface area contributed by atoms with Crippen molar-refractivity contribution in [1.82, 2.24) is 19.8 Å². The zero-order chi connectivity index (χ0) is 43.8. The zero-order valence-electron chi connectivity index (χ0n) is 33.3. The fourth-order valence-corrected chi connectivity index (χ4v) is 7.39. The van der Waals surface area contributed by atoms with Gasteiger partial charge in [-0.3, -0.25) is 28.3 Å². The molecule has 10 nitrogen and oxygen atoms in total. The molecule has 2 atom stereocenters. The van der Waals surface area contributed by atoms with Crippen LogP contribution in [-0.2, 0) is 9.59 Å². The highest BCUT2D eigenvalue weighted by molar-refractivity contribution is 14.1. The number of hydrogen-bond acceptors (Lipinski definition) is 6. The number of benzene rings is 4. The molecule has 2 amide bonds. The molecule has 0 saturated carbocycles. The Kier molecular flexibility index (Phi) is 15.7. The molecule has 316 valence electrons. The number of hydrogen-bond donors (Lipinski definition) is 2. The summed E-state index contributed by atoms with van der Waals surface area (Å²) in [6.45, 7) is 10.4. The van der Waals surface area contributed by atoms with E-state index in [4.69, 9.17) is 32.7 Å². The molecule has 0 bridgehead atoms. The lowest BCUT2D eigenvalue weighted by Gasteiger charge is -2.12. The molecule has 0 radical (unpaired) electrons. The number of rotatable bonds is 14. The van der Waals surface area contributed by atoms with Crippen LogP contribution in [-0.4, -0.2) is 59.6 Å². The number of carbonyl (C=O) groups excluding carboxylic acids is 4. The molecular formula is C44H42Cl2F3IN4O6. The summed E-state index contributed by atoms with van der Waals surface area (Å²) < 4.78 is 57.1. The summed E-state index contributed by atoms with van der Waals surface area (Å²) in [5.74, 6) is -3.34. The summed E-state index contributed by atoms with van der Waals surface area (Å²) in [5.41, 5.74) is 2.46. The lowest BCUT2D eigenvalue weighted by Crippen LogP contribution is -2.24. The quantitative estimate of drug-likeness (QED) is 0.0829. The summed E-state index contributed by atoms with van der Waals surface area (Å²) in [6.07, 6.45) is 4.65. The average Bonchev–Trinajstić information content (AvgIpc) is 3.79. The van der Waals surface area contributed by atoms with Crippen LogP contribution in [0.25, 0.3) is 21.8 Å². The first-order valence-electron chi connectivity index (χ1n) is 19.0. The molecule has 2 aromatic heterocycles. The smallest absolute Gasteiger partial charge is 0.265 e. The molecule has 0 aliphatic rings. The Labute approximate surface area is 368 Å². The molecule has 0 spiro atoms. The predicted molar refractivity (Wildman–Crippen MR) is 235 cm³/mol. The minimum absolute atomic E-state index is 0.0300. The van der Waals surface area contributed by atoms with E-state index in [1.54, 1.807) is 49.6 Å². The van der Waals surface area contributed by atoms with Crippen LogP contribution in [0.2, 0.25) is 10.0 Å². The van der Waals surface area contributed by atoms with Crippen LogP contribution in [0.15, 0.2) is 73.1 Å². The van der Waals surface area contributed by atoms with Crippen LogP contribution < -0.4 is 20.1 Å². The van der Waals surface area contributed by atoms with E-state index in [0.29, 0.717) is 64.8 Å². The second-order valence-electron chi connectivity index (χ2n) is 13.9. The van der Waals surface area contributed by atoms with Crippen LogP contribution in [0.1, 0.15) is 84.7 Å². The van der Waals surface area contributed by atoms with Gasteiger partial charge in [-0.15, -0.1) is 0 Å². The normalized spacial score (nSPS) is 12.1. The second-order valence-corrected chi connectivity index (χ2v) is 15.9. The second kappa shape index (κ2) is 20.5. The van der Waals surface area contributed by atoms with E-state index in [1.807, 2.05) is 32.9 Å². The maximum atomic E-state index is 14.8. The van der Waals surface area contributed by atoms with Crippen molar-refractivity contribution in [3.8, 4) is 11.5 Å². The summed E-state index contributed by atoms with van der Waals surface area (Å²) in [7, 11) is 0. The van der Waals surface area contributed by atoms with Gasteiger partial charge in [-0.2, -0.15) is 0 Å². The maximum Gasteiger partial charge on any atom is 0.265 e. The summed E-state index contributed by atoms with van der Waals surface area (Å²) in [5, 5.41) is 6.85. The van der Waals surface area contributed by atoms with E-state index >= 15 is 0 Å². The molecule has 60 heavy (non-hydrogen) atoms. The van der Waals surface area contributed by atoms with E-state index in [2.05, 4.69) is 33.2 Å². The Morgan fingerprint density at radius 1 is 0.833 bits per heavy atom. The van der Waals surface area contributed by atoms with Crippen LogP contribution in [0, 0.1) is 21.0 Å². The van der Waals surface area contributed by atoms with E-state index in [-0.39, 0.29) is 52.1 Å². The first kappa shape index (κ1) is 46.0. The molecule has 0 aliphatic carbocycles. The van der Waals surface area contributed by atoms with Gasteiger partial charge in [0.05, 0.1) is 34.8 Å². The number of halogens is 6. The van der Waals surface area contributed by atoms with Gasteiger partial charge in [0.1, 0.15) is 22.4 Å². The van der Waals surface area contributed by atoms with Gasteiger partial charge < -0.3 is 20.1 Å². The Bertz CT molecular complexity index is 2560. The van der Waals surface area contributed by atoms with Crippen molar-refractivity contribution >= 4 is 91.7 Å². The van der Waals surface area contributed by atoms with Gasteiger partial charge >= 0.3 is 0 Å². The highest BCUT2D eigenvalue weighted by Gasteiger charge is 2.26. The minimum Gasteiger partial charge on any atom is -0.492 e. The van der Waals surface area contributed by atoms with Crippen LogP contribution >= 0.6 is 45.8 Å². The van der Waals surface area contributed by atoms with Gasteiger partial charge in [-0.05, 0) is 102 Å². The van der Waals surface area contributed by atoms with Gasteiger partial charge in [0.15, 0.2) is 11.6 Å². The van der Waals surface area contributed by atoms with Gasteiger partial charge in [-0.1, -0.05) is 44.0 Å². The highest BCUT2D eigenvalue weighted by Crippen LogP contribution is 2.39. The molecule has 4 aromatic carbocycles. The molecule has 6 aromatic rings. The fraction of sp³-hybridized carbons (Fsp3) is 0.273. The van der Waals surface area contributed by atoms with Gasteiger partial charge in [0.2, 0.25) is 12.3 Å². The lowest BCUT2D eigenvalue weighted by molar-refractivity contribution is -0.119. The van der Waals surface area contributed by atoms with Gasteiger partial charge in [0.25, 0.3) is 11.8 Å². The lowest BCUT2D eigenvalue weighted by atomic mass is 10.00. The summed E-state index contributed by atoms with van der Waals surface area (Å²) >= 11 is 14.9. The van der Waals surface area contributed by atoms with Crippen molar-refractivity contribution in [2.75, 3.05) is 26.3 Å². The number of aromatic nitrogens is 2. The number of nitrogens with zero attached hydrogens (tertiary/aromatic N) is 2. The highest BCUT2D eigenvalue weighted by atomic mass is 127. The Morgan fingerprint density at radius 3 is 2.12 bits per heavy atom. The zero-order valence-corrected chi connectivity index (χ0v) is 37.0. The molecule has 2 N–H and O–H groups in total. The molecule has 6 rings (SSSR count). The topological polar surface area (TPSA) is 121 Å². The van der Waals surface area contributed by atoms with Crippen molar-refractivity contribution in [3.63, 3.8) is 0 Å². The van der Waals surface area contributed by atoms with Crippen molar-refractivity contribution < 1.29 is 41.8 Å². The third-order valence-corrected chi connectivity index (χ3v) is 10.9. The van der Waals surface area contributed by atoms with E-state index in [1.165, 1.54) is 16.1 Å². The number of fused-ring (bicyclic) bond motifs is 2. The molecule has 16 heteroatoms. The number of amides is 2. The standard InChI is InChI=1S/C22H21ClF2N2O3.C22H21ClFIN2O3/c1-3-6-30-21-8-16-17(13(2)10-26-12-28)11-27(20(16)9-18(21)23)22(29)15-5-4-14(24)7-19(15)25;1-4-30-18-9-16-17(12(2)10-26-13(3)28)11-27(21(16)19(23)20(18)24)22(29)14-5-7-15(25)8-6-14/h4-5,7-9,11-13H,3,6,10H2,1-2H3,(H,26,28);5-9,11-12H,4,10H2,1-3H3,(H,26,28). The van der Waals surface area contributed by atoms with Gasteiger partial charge in [-0.25, -0.2) is 13.2 Å². The van der Waals surface area contributed by atoms with Crippen molar-refractivity contribution in [2.45, 2.75) is 52.9 Å². The van der Waals surface area contributed by atoms with Gasteiger partial charge in [0, 0.05) is 70.2 Å². The Hall–Kier alpha value is -5.06. The Balaban J connectivity index is 0.000000228. The number of ether oxygens (including phenoxy) is 2. The van der Waals surface area contributed by atoms with Crippen molar-refractivity contribution in [2.24, 2.45) is 0 Å². The van der Waals surface area contributed by atoms with Crippen LogP contribution in [0.3, 0.4) is 0 Å². The maximum absolute atomic E-state index is 14.8.